The molecule has 0 bridgehead atoms. The zero-order valence-corrected chi connectivity index (χ0v) is 11.0. The Balaban J connectivity index is 2.20. The number of hydrogen-bond acceptors (Lipinski definition) is 1. The molecule has 3 heteroatoms. The van der Waals surface area contributed by atoms with Gasteiger partial charge in [-0.2, -0.15) is 0 Å². The number of para-hydroxylation sites is 1. The molecule has 5 aromatic rings. The molecule has 0 spiro atoms. The number of fused-ring (bicyclic) bond motifs is 7. The summed E-state index contributed by atoms with van der Waals surface area (Å²) < 4.78 is 79.2. The zero-order chi connectivity index (χ0) is 21.8. The fraction of sp³-hybridized carbons (Fsp3) is 0. The topological polar surface area (TPSA) is 28.9 Å². The summed E-state index contributed by atoms with van der Waals surface area (Å²) in [6.45, 7) is 0. The second-order valence-electron chi connectivity index (χ2n) is 4.57. The van der Waals surface area contributed by atoms with E-state index in [0.717, 1.165) is 0 Å². The first-order valence-corrected chi connectivity index (χ1v) is 6.48. The van der Waals surface area contributed by atoms with Crippen LogP contribution in [0, 0.1) is 0 Å². The van der Waals surface area contributed by atoms with Crippen molar-refractivity contribution < 1.29 is 16.8 Å². The summed E-state index contributed by atoms with van der Waals surface area (Å²) in [6, 6.07) is -3.28. The normalized spacial score (nSPS) is 18.0. The van der Waals surface area contributed by atoms with Crippen molar-refractivity contribution >= 4 is 55.3 Å². The van der Waals surface area contributed by atoms with Gasteiger partial charge >= 0.3 is 0 Å². The van der Waals surface area contributed by atoms with Crippen molar-refractivity contribution in [3.05, 3.63) is 59.4 Å². The molecule has 0 aliphatic heterocycles. The minimum Gasteiger partial charge on any atom is -0.456 e. The van der Waals surface area contributed by atoms with Gasteiger partial charge in [0.15, 0.2) is 0 Å². The van der Waals surface area contributed by atoms with Gasteiger partial charge in [-0.15, -0.1) is 0 Å². The first-order chi connectivity index (χ1) is 14.1. The van der Waals surface area contributed by atoms with E-state index in [-0.39, 0.29) is 85.0 Å². The molecule has 5 rings (SSSR count). The number of aromatic amines is 1. The largest absolute Gasteiger partial charge is 0.456 e. The Kier molecular flexibility index (Phi) is 1.04. The van der Waals surface area contributed by atoms with E-state index in [1.165, 1.54) is 0 Å². The van der Waals surface area contributed by atoms with Gasteiger partial charge in [0.25, 0.3) is 0 Å². The molecule has 0 radical (unpaired) electrons. The Labute approximate surface area is 137 Å². The zero-order valence-electron chi connectivity index (χ0n) is 19.3. The molecule has 2 heterocycles. The molecule has 21 heavy (non-hydrogen) atoms. The number of nitrogens with one attached hydrogen (secondary N) is 1. The van der Waals surface area contributed by atoms with Crippen LogP contribution in [0.5, 0.6) is 0 Å². The number of hydrogen-bond donors (Lipinski definition) is 1. The molecule has 0 saturated carbocycles. The van der Waals surface area contributed by atoms with Gasteiger partial charge in [0, 0.05) is 26.7 Å². The van der Waals surface area contributed by atoms with E-state index in [9.17, 15) is 0 Å². The summed E-state index contributed by atoms with van der Waals surface area (Å²) in [5.74, 6) is 0. The number of aromatic nitrogens is 1. The molecule has 100 valence electrons. The molecule has 0 aliphatic rings. The lowest BCUT2D eigenvalue weighted by atomic mass is 10.1. The summed E-state index contributed by atoms with van der Waals surface area (Å²) in [5.41, 5.74) is 0.0243. The molecular formula is C18H10ClNO. The average Bonchev–Trinajstić information content (AvgIpc) is 3.31. The molecule has 0 amide bonds. The summed E-state index contributed by atoms with van der Waals surface area (Å²) in [6.07, 6.45) is 0. The van der Waals surface area contributed by atoms with E-state index in [1.807, 2.05) is 0 Å². The van der Waals surface area contributed by atoms with Crippen LogP contribution in [0.25, 0.3) is 43.7 Å². The lowest BCUT2D eigenvalue weighted by Crippen LogP contribution is -1.71. The molecule has 0 unspecified atom stereocenters. The smallest absolute Gasteiger partial charge is 0.137 e. The first kappa shape index (κ1) is 5.74. The Morgan fingerprint density at radius 2 is 1.81 bits per heavy atom. The van der Waals surface area contributed by atoms with Crippen molar-refractivity contribution in [1.82, 2.24) is 4.98 Å². The van der Waals surface area contributed by atoms with Crippen LogP contribution in [0.2, 0.25) is 5.02 Å². The maximum Gasteiger partial charge on any atom is 0.137 e. The van der Waals surface area contributed by atoms with E-state index in [1.54, 1.807) is 0 Å². The third kappa shape index (κ3) is 1.43. The van der Waals surface area contributed by atoms with Gasteiger partial charge in [-0.3, -0.25) is 0 Å². The van der Waals surface area contributed by atoms with Gasteiger partial charge < -0.3 is 9.40 Å². The van der Waals surface area contributed by atoms with E-state index in [2.05, 4.69) is 4.98 Å². The maximum atomic E-state index is 8.46. The van der Waals surface area contributed by atoms with Crippen LogP contribution < -0.4 is 0 Å². The molecule has 0 atom stereocenters. The molecule has 1 N–H and O–H groups in total. The minimum absolute atomic E-state index is 0.0383. The molecule has 3 aromatic carbocycles. The summed E-state index contributed by atoms with van der Waals surface area (Å²) in [7, 11) is 0. The molecule has 0 aliphatic carbocycles. The van der Waals surface area contributed by atoms with Gasteiger partial charge in [-0.25, -0.2) is 0 Å². The predicted octanol–water partition coefficient (Wildman–Crippen LogP) is 5.87. The van der Waals surface area contributed by atoms with E-state index < -0.39 is 18.1 Å². The highest BCUT2D eigenvalue weighted by molar-refractivity contribution is 6.32. The fourth-order valence-corrected chi connectivity index (χ4v) is 2.70. The maximum absolute atomic E-state index is 8.46. The van der Waals surface area contributed by atoms with Gasteiger partial charge in [0.2, 0.25) is 0 Å². The quantitative estimate of drug-likeness (QED) is 0.380. The van der Waals surface area contributed by atoms with Crippen molar-refractivity contribution in [3.63, 3.8) is 0 Å². The second kappa shape index (κ2) is 3.80. The summed E-state index contributed by atoms with van der Waals surface area (Å²) in [5, 5.41) is 0.157. The Bertz CT molecular complexity index is 1600. The monoisotopic (exact) mass is 300 g/mol. The van der Waals surface area contributed by atoms with Crippen LogP contribution in [-0.2, 0) is 0 Å². The van der Waals surface area contributed by atoms with Crippen LogP contribution in [0.3, 0.4) is 0 Å². The first-order valence-electron chi connectivity index (χ1n) is 10.6. The van der Waals surface area contributed by atoms with Crippen LogP contribution in [0.4, 0.5) is 0 Å². The van der Waals surface area contributed by atoms with Crippen molar-refractivity contribution in [2.24, 2.45) is 0 Å². The number of halogens is 1. The second-order valence-corrected chi connectivity index (χ2v) is 4.95. The molecular weight excluding hydrogens is 282 g/mol. The van der Waals surface area contributed by atoms with E-state index >= 15 is 0 Å². The summed E-state index contributed by atoms with van der Waals surface area (Å²) >= 11 is 6.05. The van der Waals surface area contributed by atoms with Crippen molar-refractivity contribution in [1.29, 1.82) is 0 Å². The van der Waals surface area contributed by atoms with Crippen molar-refractivity contribution in [3.8, 4) is 0 Å². The fourth-order valence-electron chi connectivity index (χ4n) is 2.56. The molecule has 2 aromatic heterocycles. The number of H-pyrrole nitrogens is 1. The molecule has 2 nitrogen and oxygen atoms in total. The lowest BCUT2D eigenvalue weighted by Gasteiger charge is -1.93. The number of benzene rings is 3. The van der Waals surface area contributed by atoms with Crippen LogP contribution in [-0.4, -0.2) is 4.98 Å². The van der Waals surface area contributed by atoms with Crippen molar-refractivity contribution in [2.75, 3.05) is 0 Å². The van der Waals surface area contributed by atoms with Gasteiger partial charge in [-0.1, -0.05) is 29.7 Å². The lowest BCUT2D eigenvalue weighted by molar-refractivity contribution is 0.669. The van der Waals surface area contributed by atoms with Crippen molar-refractivity contribution in [2.45, 2.75) is 0 Å². The SMILES string of the molecule is [2H]c1c(Cl)c([2H])c2c([nH]c3c2c([2H])c([2H])c2oc4c([2H])c([2H])c([2H])c([2H])c4c23)c1[2H]. The molecule has 0 saturated heterocycles. The van der Waals surface area contributed by atoms with Crippen LogP contribution in [0.1, 0.15) is 12.3 Å². The summed E-state index contributed by atoms with van der Waals surface area (Å²) in [4.78, 5) is 2.92. The van der Waals surface area contributed by atoms with Crippen LogP contribution >= 0.6 is 11.6 Å². The Morgan fingerprint density at radius 1 is 0.905 bits per heavy atom. The Hall–Kier alpha value is -2.45. The third-order valence-electron chi connectivity index (χ3n) is 3.42. The average molecular weight is 301 g/mol. The highest BCUT2D eigenvalue weighted by Crippen LogP contribution is 2.37. The third-order valence-corrected chi connectivity index (χ3v) is 3.61. The number of rotatable bonds is 0. The van der Waals surface area contributed by atoms with E-state index in [0.29, 0.717) is 0 Å². The Morgan fingerprint density at radius 3 is 2.76 bits per heavy atom. The van der Waals surface area contributed by atoms with Gasteiger partial charge in [0.05, 0.1) is 23.2 Å². The van der Waals surface area contributed by atoms with Gasteiger partial charge in [-0.05, 0) is 36.3 Å². The van der Waals surface area contributed by atoms with Gasteiger partial charge in [0.1, 0.15) is 11.2 Å². The minimum atomic E-state index is -0.482. The van der Waals surface area contributed by atoms with Crippen LogP contribution in [0.15, 0.2) is 58.8 Å². The highest BCUT2D eigenvalue weighted by atomic mass is 35.5. The predicted molar refractivity (Wildman–Crippen MR) is 88.1 cm³/mol. The highest BCUT2D eigenvalue weighted by Gasteiger charge is 2.13. The number of furan rings is 1. The van der Waals surface area contributed by atoms with E-state index in [4.69, 9.17) is 28.4 Å². The molecule has 0 fully saturated rings. The standard InChI is InChI=1S/C18H10ClNO/c19-10-5-7-14-13(9-10)11-6-8-16-17(18(11)20-14)12-3-1-2-4-15(12)21-16/h1-9,20H/i1D,2D,3D,4D,5D,6D,7D,8D,9D.